The van der Waals surface area contributed by atoms with Crippen molar-refractivity contribution >= 4 is 21.5 Å². The summed E-state index contributed by atoms with van der Waals surface area (Å²) < 4.78 is 0. The van der Waals surface area contributed by atoms with Crippen LogP contribution in [0, 0.1) is 37.5 Å². The average molecular weight is 583 g/mol. The molecule has 0 atom stereocenters. The van der Waals surface area contributed by atoms with Gasteiger partial charge >= 0.3 is 0 Å². The number of aryl methyl sites for hydroxylation is 2. The third-order valence-electron chi connectivity index (χ3n) is 9.85. The molecule has 0 heteroatoms. The molecule has 0 radical (unpaired) electrons. The van der Waals surface area contributed by atoms with Gasteiger partial charge in [-0.05, 0) is 105 Å². The lowest BCUT2D eigenvalue weighted by Crippen LogP contribution is -2.27. The molecule has 7 aromatic carbocycles. The van der Waals surface area contributed by atoms with Gasteiger partial charge in [0.05, 0.1) is 0 Å². The molecular weight excluding hydrogens is 553 g/mol. The van der Waals surface area contributed by atoms with Crippen molar-refractivity contribution in [3.63, 3.8) is 0 Å². The van der Waals surface area contributed by atoms with Gasteiger partial charge in [0.2, 0.25) is 0 Å². The van der Waals surface area contributed by atoms with E-state index in [4.69, 9.17) is 0 Å². The quantitative estimate of drug-likeness (QED) is 0.123. The minimum Gasteiger partial charge on any atom is -0.0619 e. The van der Waals surface area contributed by atoms with Crippen LogP contribution in [0.5, 0.6) is 0 Å². The van der Waals surface area contributed by atoms with Crippen LogP contribution in [-0.4, -0.2) is 0 Å². The van der Waals surface area contributed by atoms with Crippen LogP contribution in [-0.2, 0) is 0 Å². The fourth-order valence-corrected chi connectivity index (χ4v) is 7.65. The minimum absolute atomic E-state index is 0.197. The third-order valence-corrected chi connectivity index (χ3v) is 9.85. The molecule has 46 heavy (non-hydrogen) atoms. The standard InChI is InChI=1S/C46H30/c1-29-15-19-31(20-16-29)23-25-35-33-9-3-4-10-34(33)36(26-24-32-21-17-30(2)18-22-32)42-28-44-43(27-41(35)42)45-37-11-5-7-13-39(37)46(44)40-14-8-6-12-38(40)45/h3-22,27-28,45-46H,1-2H3. The zero-order valence-corrected chi connectivity index (χ0v) is 25.9. The normalized spacial score (nSPS) is 15.3. The van der Waals surface area contributed by atoms with Crippen LogP contribution in [0.3, 0.4) is 0 Å². The molecule has 214 valence electrons. The zero-order chi connectivity index (χ0) is 30.8. The lowest BCUT2D eigenvalue weighted by Gasteiger charge is -2.42. The van der Waals surface area contributed by atoms with Gasteiger partial charge in [0, 0.05) is 34.1 Å². The summed E-state index contributed by atoms with van der Waals surface area (Å²) in [5.41, 5.74) is 15.1. The highest BCUT2D eigenvalue weighted by Gasteiger charge is 2.41. The van der Waals surface area contributed by atoms with Gasteiger partial charge in [-0.1, -0.05) is 132 Å². The van der Waals surface area contributed by atoms with Gasteiger partial charge in [0.25, 0.3) is 0 Å². The lowest BCUT2D eigenvalue weighted by atomic mass is 9.60. The van der Waals surface area contributed by atoms with Gasteiger partial charge in [-0.3, -0.25) is 0 Å². The monoisotopic (exact) mass is 582 g/mol. The van der Waals surface area contributed by atoms with Crippen molar-refractivity contribution in [3.05, 3.63) is 200 Å². The number of fused-ring (bicyclic) bond motifs is 2. The number of benzene rings is 7. The van der Waals surface area contributed by atoms with Crippen molar-refractivity contribution in [2.75, 3.05) is 0 Å². The van der Waals surface area contributed by atoms with Crippen LogP contribution in [0.4, 0.5) is 0 Å². The molecule has 3 aliphatic rings. The van der Waals surface area contributed by atoms with Crippen LogP contribution in [0.15, 0.2) is 133 Å². The molecule has 0 amide bonds. The van der Waals surface area contributed by atoms with Crippen LogP contribution in [0.2, 0.25) is 0 Å². The SMILES string of the molecule is Cc1ccc(C#Cc2c3ccccc3c(C#Cc3ccc(C)cc3)c3cc4c(cc23)C2c3ccccc3C4c3ccccc32)cc1. The van der Waals surface area contributed by atoms with Crippen LogP contribution in [0.1, 0.15) is 78.6 Å². The molecule has 0 aliphatic heterocycles. The van der Waals surface area contributed by atoms with E-state index in [9.17, 15) is 0 Å². The minimum atomic E-state index is 0.197. The fraction of sp³-hybridized carbons (Fsp3) is 0.0870. The van der Waals surface area contributed by atoms with Gasteiger partial charge in [0.15, 0.2) is 0 Å². The van der Waals surface area contributed by atoms with Gasteiger partial charge in [-0.25, -0.2) is 0 Å². The van der Waals surface area contributed by atoms with Crippen LogP contribution in [0.25, 0.3) is 21.5 Å². The van der Waals surface area contributed by atoms with Crippen molar-refractivity contribution in [3.8, 4) is 23.7 Å². The lowest BCUT2D eigenvalue weighted by molar-refractivity contribution is 0.756. The van der Waals surface area contributed by atoms with Gasteiger partial charge in [-0.2, -0.15) is 0 Å². The molecular formula is C46H30. The maximum atomic E-state index is 3.66. The smallest absolute Gasteiger partial charge is 0.0406 e. The van der Waals surface area contributed by atoms with Crippen molar-refractivity contribution in [2.24, 2.45) is 0 Å². The van der Waals surface area contributed by atoms with Crippen LogP contribution >= 0.6 is 0 Å². The molecule has 0 unspecified atom stereocenters. The Balaban J connectivity index is 1.37. The zero-order valence-electron chi connectivity index (χ0n) is 25.9. The maximum absolute atomic E-state index is 3.66. The summed E-state index contributed by atoms with van der Waals surface area (Å²) in [4.78, 5) is 0. The molecule has 0 heterocycles. The van der Waals surface area contributed by atoms with Gasteiger partial charge < -0.3 is 0 Å². The van der Waals surface area contributed by atoms with E-state index < -0.39 is 0 Å². The summed E-state index contributed by atoms with van der Waals surface area (Å²) in [6, 6.07) is 48.6. The van der Waals surface area contributed by atoms with Crippen molar-refractivity contribution in [1.82, 2.24) is 0 Å². The van der Waals surface area contributed by atoms with E-state index in [2.05, 4.69) is 171 Å². The molecule has 0 saturated carbocycles. The largest absolute Gasteiger partial charge is 0.0619 e. The number of hydrogen-bond acceptors (Lipinski definition) is 0. The highest BCUT2D eigenvalue weighted by atomic mass is 14.4. The Morgan fingerprint density at radius 2 is 0.696 bits per heavy atom. The van der Waals surface area contributed by atoms with E-state index in [0.717, 1.165) is 33.0 Å². The maximum Gasteiger partial charge on any atom is 0.0406 e. The predicted octanol–water partition coefficient (Wildman–Crippen LogP) is 10.4. The van der Waals surface area contributed by atoms with E-state index in [1.165, 1.54) is 55.3 Å². The summed E-state index contributed by atoms with van der Waals surface area (Å²) in [5.74, 6) is 14.8. The van der Waals surface area contributed by atoms with Crippen molar-refractivity contribution in [2.45, 2.75) is 25.7 Å². The topological polar surface area (TPSA) is 0 Å². The molecule has 0 saturated heterocycles. The summed E-state index contributed by atoms with van der Waals surface area (Å²) in [7, 11) is 0. The third kappa shape index (κ3) is 4.12. The Labute approximate surface area is 270 Å². The van der Waals surface area contributed by atoms with E-state index in [0.29, 0.717) is 0 Å². The average Bonchev–Trinajstić information content (AvgIpc) is 3.10. The first-order valence-electron chi connectivity index (χ1n) is 16.0. The molecule has 0 aromatic heterocycles. The van der Waals surface area contributed by atoms with E-state index in [1.807, 2.05) is 0 Å². The first-order valence-corrected chi connectivity index (χ1v) is 16.0. The molecule has 0 spiro atoms. The Hall–Kier alpha value is -5.82. The van der Waals surface area contributed by atoms with E-state index in [-0.39, 0.29) is 11.8 Å². The Morgan fingerprint density at radius 1 is 0.348 bits per heavy atom. The molecule has 7 aromatic rings. The summed E-state index contributed by atoms with van der Waals surface area (Å²) in [5, 5.41) is 4.63. The van der Waals surface area contributed by atoms with Crippen molar-refractivity contribution in [1.29, 1.82) is 0 Å². The highest BCUT2D eigenvalue weighted by molar-refractivity contribution is 6.10. The Kier molecular flexibility index (Phi) is 6.00. The second-order valence-electron chi connectivity index (χ2n) is 12.7. The molecule has 0 nitrogen and oxygen atoms in total. The number of hydrogen-bond donors (Lipinski definition) is 0. The summed E-state index contributed by atoms with van der Waals surface area (Å²) in [6.45, 7) is 4.23. The molecule has 0 N–H and O–H groups in total. The fourth-order valence-electron chi connectivity index (χ4n) is 7.65. The summed E-state index contributed by atoms with van der Waals surface area (Å²) >= 11 is 0. The molecule has 0 fully saturated rings. The molecule has 2 bridgehead atoms. The highest BCUT2D eigenvalue weighted by Crippen LogP contribution is 2.56. The first kappa shape index (κ1) is 26.6. The van der Waals surface area contributed by atoms with Crippen molar-refractivity contribution < 1.29 is 0 Å². The second kappa shape index (κ2) is 10.4. The van der Waals surface area contributed by atoms with E-state index in [1.54, 1.807) is 0 Å². The second-order valence-corrected chi connectivity index (χ2v) is 12.7. The van der Waals surface area contributed by atoms with Gasteiger partial charge in [0.1, 0.15) is 0 Å². The van der Waals surface area contributed by atoms with Crippen LogP contribution < -0.4 is 0 Å². The van der Waals surface area contributed by atoms with Gasteiger partial charge in [-0.15, -0.1) is 0 Å². The first-order chi connectivity index (χ1) is 22.6. The van der Waals surface area contributed by atoms with E-state index >= 15 is 0 Å². The number of rotatable bonds is 0. The Bertz CT molecular complexity index is 2260. The summed E-state index contributed by atoms with van der Waals surface area (Å²) in [6.07, 6.45) is 0. The molecule has 10 rings (SSSR count). The molecule has 3 aliphatic carbocycles. The predicted molar refractivity (Wildman–Crippen MR) is 191 cm³/mol. The Morgan fingerprint density at radius 3 is 1.07 bits per heavy atom.